The van der Waals surface area contributed by atoms with Gasteiger partial charge in [-0.3, -0.25) is 0 Å². The summed E-state index contributed by atoms with van der Waals surface area (Å²) in [6.07, 6.45) is 2.50. The minimum atomic E-state index is -2.12. The van der Waals surface area contributed by atoms with Crippen LogP contribution in [0.2, 0.25) is 0 Å². The van der Waals surface area contributed by atoms with E-state index in [1.165, 1.54) is 45.7 Å². The van der Waals surface area contributed by atoms with Crippen molar-refractivity contribution in [3.05, 3.63) is 131 Å². The van der Waals surface area contributed by atoms with Gasteiger partial charge in [0.2, 0.25) is 0 Å². The van der Waals surface area contributed by atoms with Crippen molar-refractivity contribution in [1.29, 1.82) is 0 Å². The molecule has 1 aliphatic rings. The van der Waals surface area contributed by atoms with Crippen molar-refractivity contribution in [2.45, 2.75) is 76.5 Å². The van der Waals surface area contributed by atoms with E-state index in [4.69, 9.17) is 0 Å². The Balaban J connectivity index is 1.64. The summed E-state index contributed by atoms with van der Waals surface area (Å²) in [6, 6.07) is 42.0. The average Bonchev–Trinajstić information content (AvgIpc) is 3.31. The topological polar surface area (TPSA) is 3.24 Å². The van der Waals surface area contributed by atoms with Crippen molar-refractivity contribution in [3.63, 3.8) is 0 Å². The third-order valence-electron chi connectivity index (χ3n) is 9.51. The van der Waals surface area contributed by atoms with Crippen molar-refractivity contribution < 1.29 is 0 Å². The van der Waals surface area contributed by atoms with Crippen LogP contribution >= 0.6 is 15.5 Å². The molecule has 216 valence electrons. The summed E-state index contributed by atoms with van der Waals surface area (Å²) in [5.41, 5.74) is 7.38. The van der Waals surface area contributed by atoms with E-state index in [9.17, 15) is 0 Å². The Hall–Kier alpha value is -2.30. The van der Waals surface area contributed by atoms with Gasteiger partial charge in [-0.1, -0.05) is 0 Å². The van der Waals surface area contributed by atoms with Crippen LogP contribution in [0.15, 0.2) is 109 Å². The molecule has 1 nitrogen and oxygen atoms in total. The summed E-state index contributed by atoms with van der Waals surface area (Å²) < 4.78 is 2.92. The normalized spacial score (nSPS) is 20.0. The number of hydrogen-bond acceptors (Lipinski definition) is 1. The van der Waals surface area contributed by atoms with Crippen LogP contribution in [0.1, 0.15) is 88.0 Å². The van der Waals surface area contributed by atoms with Crippen LogP contribution in [-0.2, 0) is 10.8 Å². The third kappa shape index (κ3) is 6.11. The van der Waals surface area contributed by atoms with E-state index in [1.807, 2.05) is 0 Å². The molecule has 0 unspecified atom stereocenters. The second-order valence-electron chi connectivity index (χ2n) is 14.2. The van der Waals surface area contributed by atoms with Crippen LogP contribution in [0.5, 0.6) is 0 Å². The van der Waals surface area contributed by atoms with Crippen molar-refractivity contribution in [1.82, 2.24) is 4.44 Å². The summed E-state index contributed by atoms with van der Waals surface area (Å²) in [4.78, 5) is 0. The monoisotopic (exact) mass is 581 g/mol. The zero-order chi connectivity index (χ0) is 29.4. The molecule has 4 aromatic carbocycles. The molecule has 1 fully saturated rings. The molecule has 0 spiro atoms. The molecule has 0 saturated carbocycles. The SMILES string of the molecule is CN(P(c1ccccc1)c1ccccc1)[PH]1(C)[C@H](c2ccc(C(C)(C)C)cc2)CC[C@H]1c1ccc(C(C)(C)C)cc1. The molecule has 1 saturated heterocycles. The van der Waals surface area contributed by atoms with E-state index in [0.717, 1.165) is 0 Å². The second kappa shape index (κ2) is 11.8. The molecule has 41 heavy (non-hydrogen) atoms. The first kappa shape index (κ1) is 30.2. The number of nitrogens with zero attached hydrogens (tertiary/aromatic N) is 1. The predicted octanol–water partition coefficient (Wildman–Crippen LogP) is 10.1. The van der Waals surface area contributed by atoms with Gasteiger partial charge < -0.3 is 0 Å². The average molecular weight is 582 g/mol. The van der Waals surface area contributed by atoms with Gasteiger partial charge in [0.25, 0.3) is 0 Å². The van der Waals surface area contributed by atoms with Gasteiger partial charge >= 0.3 is 252 Å². The first-order chi connectivity index (χ1) is 19.4. The Bertz CT molecular complexity index is 1310. The van der Waals surface area contributed by atoms with Crippen LogP contribution in [-0.4, -0.2) is 18.2 Å². The van der Waals surface area contributed by atoms with Gasteiger partial charge in [0.15, 0.2) is 0 Å². The summed E-state index contributed by atoms with van der Waals surface area (Å²) in [5, 5.41) is 2.89. The van der Waals surface area contributed by atoms with Gasteiger partial charge in [0.1, 0.15) is 0 Å². The number of rotatable bonds is 6. The van der Waals surface area contributed by atoms with Gasteiger partial charge in [-0.15, -0.1) is 0 Å². The molecule has 1 heterocycles. The zero-order valence-corrected chi connectivity index (χ0v) is 28.3. The van der Waals surface area contributed by atoms with E-state index >= 15 is 0 Å². The fraction of sp³-hybridized carbons (Fsp3) is 0.368. The molecule has 2 atom stereocenters. The van der Waals surface area contributed by atoms with Gasteiger partial charge in [-0.05, 0) is 0 Å². The molecule has 5 rings (SSSR count). The van der Waals surface area contributed by atoms with Gasteiger partial charge in [0.05, 0.1) is 0 Å². The number of hydrogen-bond donors (Lipinski definition) is 0. The second-order valence-corrected chi connectivity index (χ2v) is 21.3. The molecule has 0 N–H and O–H groups in total. The molecule has 0 aromatic heterocycles. The Morgan fingerprint density at radius 2 is 0.902 bits per heavy atom. The van der Waals surface area contributed by atoms with Gasteiger partial charge in [-0.25, -0.2) is 0 Å². The third-order valence-corrected chi connectivity index (χ3v) is 19.0. The zero-order valence-electron chi connectivity index (χ0n) is 26.4. The summed E-state index contributed by atoms with van der Waals surface area (Å²) in [7, 11) is -0.315. The summed E-state index contributed by atoms with van der Waals surface area (Å²) >= 11 is 0. The van der Waals surface area contributed by atoms with E-state index < -0.39 is 15.5 Å². The molecule has 0 bridgehead atoms. The molecule has 3 heteroatoms. The van der Waals surface area contributed by atoms with E-state index in [-0.39, 0.29) is 10.8 Å². The number of benzene rings is 4. The summed E-state index contributed by atoms with van der Waals surface area (Å²) in [5.74, 6) is 0. The Morgan fingerprint density at radius 3 is 1.22 bits per heavy atom. The van der Waals surface area contributed by atoms with Crippen LogP contribution in [0.3, 0.4) is 0 Å². The molecule has 4 aromatic rings. The molecule has 1 aliphatic heterocycles. The van der Waals surface area contributed by atoms with Crippen LogP contribution in [0.25, 0.3) is 0 Å². The van der Waals surface area contributed by atoms with Crippen molar-refractivity contribution >= 4 is 26.1 Å². The maximum atomic E-state index is 2.92. The standard InChI is InChI=1S/C38H49NP2/c1-37(2,3)31-23-19-29(20-24-31)35-27-28-36(30-21-25-32(26-22-30)38(4,5)6)41(35,8)39(7)40(33-15-11-9-12-16-33)34-17-13-10-14-18-34/h9-26,35-36,41H,27-28H2,1-8H3/t35-,36-/m0/s1. The Labute approximate surface area is 251 Å². The van der Waals surface area contributed by atoms with E-state index in [1.54, 1.807) is 0 Å². The minimum absolute atomic E-state index is 0.165. The fourth-order valence-electron chi connectivity index (χ4n) is 6.90. The summed E-state index contributed by atoms with van der Waals surface area (Å²) in [6.45, 7) is 16.6. The van der Waals surface area contributed by atoms with Gasteiger partial charge in [-0.2, -0.15) is 0 Å². The van der Waals surface area contributed by atoms with Crippen molar-refractivity contribution in [2.75, 3.05) is 13.7 Å². The molecule has 0 radical (unpaired) electrons. The Kier molecular flexibility index (Phi) is 8.66. The van der Waals surface area contributed by atoms with Crippen LogP contribution < -0.4 is 10.6 Å². The van der Waals surface area contributed by atoms with Crippen LogP contribution in [0.4, 0.5) is 0 Å². The predicted molar refractivity (Wildman–Crippen MR) is 186 cm³/mol. The molecule has 0 aliphatic carbocycles. The maximum absolute atomic E-state index is 2.92. The fourth-order valence-corrected chi connectivity index (χ4v) is 16.7. The quantitative estimate of drug-likeness (QED) is 0.205. The van der Waals surface area contributed by atoms with Crippen molar-refractivity contribution in [3.8, 4) is 0 Å². The first-order valence-electron chi connectivity index (χ1n) is 15.3. The Morgan fingerprint density at radius 1 is 0.561 bits per heavy atom. The van der Waals surface area contributed by atoms with E-state index in [0.29, 0.717) is 11.3 Å². The van der Waals surface area contributed by atoms with Crippen LogP contribution in [0, 0.1) is 0 Å². The van der Waals surface area contributed by atoms with E-state index in [2.05, 4.69) is 169 Å². The first-order valence-corrected chi connectivity index (χ1v) is 19.1. The molecular weight excluding hydrogens is 532 g/mol. The van der Waals surface area contributed by atoms with Crippen molar-refractivity contribution in [2.24, 2.45) is 0 Å². The van der Waals surface area contributed by atoms with Gasteiger partial charge in [0, 0.05) is 0 Å². The molecule has 0 amide bonds. The molecular formula is C38H49NP2.